The third-order valence-corrected chi connectivity index (χ3v) is 2.53. The van der Waals surface area contributed by atoms with Crippen LogP contribution in [0.15, 0.2) is 12.1 Å². The van der Waals surface area contributed by atoms with Crippen molar-refractivity contribution in [2.75, 3.05) is 13.1 Å². The number of nitrogens with zero attached hydrogens (tertiary/aromatic N) is 1. The Bertz CT molecular complexity index is 425. The van der Waals surface area contributed by atoms with Crippen molar-refractivity contribution in [3.63, 3.8) is 0 Å². The van der Waals surface area contributed by atoms with E-state index in [1.165, 1.54) is 25.0 Å². The number of aromatic amines is 1. The smallest absolute Gasteiger partial charge is 0.321 e. The van der Waals surface area contributed by atoms with Gasteiger partial charge in [0.05, 0.1) is 0 Å². The highest BCUT2D eigenvalue weighted by molar-refractivity contribution is 5.92. The Kier molecular flexibility index (Phi) is 3.38. The van der Waals surface area contributed by atoms with Crippen molar-refractivity contribution in [2.24, 2.45) is 0 Å². The highest BCUT2D eigenvalue weighted by Crippen LogP contribution is 2.17. The fraction of sp³-hybridized carbons (Fsp3) is 0.500. The standard InChI is InChI=1S/C10H14N4O3/c15-10(12-6-5-11-7-1-2-7)8-3-4-9(13-8)14(16)17/h3-4,7,11,13H,1-2,5-6H2,(H,12,15). The van der Waals surface area contributed by atoms with Gasteiger partial charge in [-0.05, 0) is 23.8 Å². The van der Waals surface area contributed by atoms with E-state index >= 15 is 0 Å². The van der Waals surface area contributed by atoms with E-state index in [0.29, 0.717) is 12.6 Å². The molecule has 0 atom stereocenters. The van der Waals surface area contributed by atoms with Crippen LogP contribution in [0.3, 0.4) is 0 Å². The number of rotatable bonds is 6. The van der Waals surface area contributed by atoms with Crippen molar-refractivity contribution in [3.8, 4) is 0 Å². The van der Waals surface area contributed by atoms with Gasteiger partial charge in [0.2, 0.25) is 0 Å². The lowest BCUT2D eigenvalue weighted by Crippen LogP contribution is -2.32. The fourth-order valence-electron chi connectivity index (χ4n) is 1.46. The van der Waals surface area contributed by atoms with Crippen molar-refractivity contribution in [1.29, 1.82) is 0 Å². The lowest BCUT2D eigenvalue weighted by Gasteiger charge is -2.03. The van der Waals surface area contributed by atoms with Crippen LogP contribution in [-0.2, 0) is 0 Å². The minimum absolute atomic E-state index is 0.175. The molecule has 3 N–H and O–H groups in total. The molecule has 0 radical (unpaired) electrons. The van der Waals surface area contributed by atoms with E-state index in [1.807, 2.05) is 0 Å². The molecule has 2 rings (SSSR count). The summed E-state index contributed by atoms with van der Waals surface area (Å²) in [4.78, 5) is 23.8. The van der Waals surface area contributed by atoms with Crippen LogP contribution in [0.4, 0.5) is 5.82 Å². The Hall–Kier alpha value is -1.89. The van der Waals surface area contributed by atoms with E-state index in [0.717, 1.165) is 6.54 Å². The lowest BCUT2D eigenvalue weighted by molar-refractivity contribution is -0.389. The normalized spacial score (nSPS) is 14.6. The Morgan fingerprint density at radius 2 is 2.24 bits per heavy atom. The molecule has 0 unspecified atom stereocenters. The van der Waals surface area contributed by atoms with Crippen molar-refractivity contribution in [1.82, 2.24) is 15.6 Å². The Morgan fingerprint density at radius 3 is 2.82 bits per heavy atom. The summed E-state index contributed by atoms with van der Waals surface area (Å²) in [7, 11) is 0. The minimum atomic E-state index is -0.564. The molecule has 1 heterocycles. The quantitative estimate of drug-likeness (QED) is 0.379. The van der Waals surface area contributed by atoms with Gasteiger partial charge >= 0.3 is 5.82 Å². The first-order valence-corrected chi connectivity index (χ1v) is 5.52. The molecule has 1 fully saturated rings. The molecule has 1 amide bonds. The SMILES string of the molecule is O=C(NCCNC1CC1)c1ccc([N+](=O)[O-])[nH]1. The van der Waals surface area contributed by atoms with Crippen LogP contribution >= 0.6 is 0 Å². The van der Waals surface area contributed by atoms with Crippen molar-refractivity contribution in [2.45, 2.75) is 18.9 Å². The number of aromatic nitrogens is 1. The van der Waals surface area contributed by atoms with Gasteiger partial charge in [0, 0.05) is 25.2 Å². The molecule has 7 heteroatoms. The monoisotopic (exact) mass is 238 g/mol. The van der Waals surface area contributed by atoms with Gasteiger partial charge < -0.3 is 20.7 Å². The third kappa shape index (κ3) is 3.28. The molecule has 1 aromatic heterocycles. The summed E-state index contributed by atoms with van der Waals surface area (Å²) < 4.78 is 0. The Morgan fingerprint density at radius 1 is 1.47 bits per heavy atom. The maximum atomic E-state index is 11.5. The number of nitrogens with one attached hydrogen (secondary N) is 3. The van der Waals surface area contributed by atoms with Crippen LogP contribution in [0.5, 0.6) is 0 Å². The summed E-state index contributed by atoms with van der Waals surface area (Å²) in [6.45, 7) is 1.24. The molecule has 1 saturated carbocycles. The van der Waals surface area contributed by atoms with Gasteiger partial charge in [-0.1, -0.05) is 0 Å². The Labute approximate surface area is 97.7 Å². The number of H-pyrrole nitrogens is 1. The average Bonchev–Trinajstić information content (AvgIpc) is 2.97. The second-order valence-corrected chi connectivity index (χ2v) is 4.00. The highest BCUT2D eigenvalue weighted by atomic mass is 16.6. The fourth-order valence-corrected chi connectivity index (χ4v) is 1.46. The number of nitro groups is 1. The number of carbonyl (C=O) groups is 1. The third-order valence-electron chi connectivity index (χ3n) is 2.53. The Balaban J connectivity index is 1.75. The molecule has 0 aromatic carbocycles. The summed E-state index contributed by atoms with van der Waals surface area (Å²) in [5.41, 5.74) is 0.211. The van der Waals surface area contributed by atoms with Crippen molar-refractivity contribution < 1.29 is 9.72 Å². The van der Waals surface area contributed by atoms with Crippen molar-refractivity contribution in [3.05, 3.63) is 27.9 Å². The van der Waals surface area contributed by atoms with Crippen LogP contribution in [0.2, 0.25) is 0 Å². The zero-order valence-electron chi connectivity index (χ0n) is 9.23. The average molecular weight is 238 g/mol. The molecule has 0 saturated heterocycles. The molecule has 1 aliphatic carbocycles. The first-order valence-electron chi connectivity index (χ1n) is 5.52. The van der Waals surface area contributed by atoms with Gasteiger partial charge in [0.1, 0.15) is 0 Å². The van der Waals surface area contributed by atoms with Crippen molar-refractivity contribution >= 4 is 11.7 Å². The summed E-state index contributed by atoms with van der Waals surface area (Å²) >= 11 is 0. The molecular weight excluding hydrogens is 224 g/mol. The van der Waals surface area contributed by atoms with Crippen LogP contribution in [-0.4, -0.2) is 34.9 Å². The lowest BCUT2D eigenvalue weighted by atomic mass is 10.4. The first kappa shape index (κ1) is 11.6. The van der Waals surface area contributed by atoms with E-state index < -0.39 is 4.92 Å². The largest absolute Gasteiger partial charge is 0.358 e. The zero-order chi connectivity index (χ0) is 12.3. The number of carbonyl (C=O) groups excluding carboxylic acids is 1. The predicted octanol–water partition coefficient (Wildman–Crippen LogP) is 0.405. The van der Waals surface area contributed by atoms with Gasteiger partial charge in [-0.3, -0.25) is 4.79 Å². The summed E-state index contributed by atoms with van der Waals surface area (Å²) in [5.74, 6) is -0.498. The second-order valence-electron chi connectivity index (χ2n) is 4.00. The van der Waals surface area contributed by atoms with Crippen LogP contribution in [0.25, 0.3) is 0 Å². The van der Waals surface area contributed by atoms with Crippen LogP contribution in [0, 0.1) is 10.1 Å². The molecule has 7 nitrogen and oxygen atoms in total. The van der Waals surface area contributed by atoms with Gasteiger partial charge in [0.25, 0.3) is 5.91 Å². The molecule has 0 bridgehead atoms. The molecule has 0 aliphatic heterocycles. The minimum Gasteiger partial charge on any atom is -0.358 e. The number of amides is 1. The second kappa shape index (κ2) is 4.96. The van der Waals surface area contributed by atoms with Gasteiger partial charge in [-0.25, -0.2) is 4.98 Å². The summed E-state index contributed by atoms with van der Waals surface area (Å²) in [6, 6.07) is 3.29. The van der Waals surface area contributed by atoms with E-state index in [1.54, 1.807) is 0 Å². The molecule has 0 spiro atoms. The molecule has 1 aliphatic rings. The van der Waals surface area contributed by atoms with E-state index in [2.05, 4.69) is 15.6 Å². The molecule has 92 valence electrons. The topological polar surface area (TPSA) is 100 Å². The zero-order valence-corrected chi connectivity index (χ0v) is 9.23. The van der Waals surface area contributed by atoms with E-state index in [9.17, 15) is 14.9 Å². The summed E-state index contributed by atoms with van der Waals surface area (Å²) in [6.07, 6.45) is 2.41. The number of hydrogen-bond donors (Lipinski definition) is 3. The highest BCUT2D eigenvalue weighted by Gasteiger charge is 2.20. The number of hydrogen-bond acceptors (Lipinski definition) is 4. The van der Waals surface area contributed by atoms with Crippen LogP contribution < -0.4 is 10.6 Å². The van der Waals surface area contributed by atoms with E-state index in [4.69, 9.17) is 0 Å². The molecule has 17 heavy (non-hydrogen) atoms. The van der Waals surface area contributed by atoms with E-state index in [-0.39, 0.29) is 17.4 Å². The van der Waals surface area contributed by atoms with Crippen LogP contribution in [0.1, 0.15) is 23.3 Å². The first-order chi connectivity index (χ1) is 8.16. The molecule has 1 aromatic rings. The van der Waals surface area contributed by atoms with Gasteiger partial charge in [-0.2, -0.15) is 0 Å². The molecular formula is C10H14N4O3. The predicted molar refractivity (Wildman–Crippen MR) is 60.8 cm³/mol. The maximum Gasteiger partial charge on any atom is 0.321 e. The summed E-state index contributed by atoms with van der Waals surface area (Å²) in [5, 5.41) is 16.3. The van der Waals surface area contributed by atoms with Gasteiger partial charge in [0.15, 0.2) is 5.69 Å². The maximum absolute atomic E-state index is 11.5. The van der Waals surface area contributed by atoms with Gasteiger partial charge in [-0.15, -0.1) is 0 Å².